The Balaban J connectivity index is 0.00000169. The third kappa shape index (κ3) is 4.07. The van der Waals surface area contributed by atoms with E-state index in [-0.39, 0.29) is 24.8 Å². The van der Waals surface area contributed by atoms with Crippen molar-refractivity contribution in [2.75, 3.05) is 0 Å². The second-order valence-electron chi connectivity index (χ2n) is 5.73. The van der Waals surface area contributed by atoms with E-state index in [2.05, 4.69) is 16.7 Å². The summed E-state index contributed by atoms with van der Waals surface area (Å²) in [6.07, 6.45) is 0. The smallest absolute Gasteiger partial charge is 0.270 e. The number of halogens is 2. The van der Waals surface area contributed by atoms with Gasteiger partial charge in [-0.3, -0.25) is 22.3 Å². The van der Waals surface area contributed by atoms with Gasteiger partial charge in [-0.05, 0) is 47.5 Å². The highest BCUT2D eigenvalue weighted by Gasteiger charge is 2.10. The predicted octanol–water partition coefficient (Wildman–Crippen LogP) is -6.70. The number of hydrogen-bond acceptors (Lipinski definition) is 0. The minimum Gasteiger partial charge on any atom is -1.00 e. The van der Waals surface area contributed by atoms with Crippen LogP contribution in [0, 0.1) is 0 Å². The Hall–Kier alpha value is -2.76. The number of aromatic nitrogens is 1. The molecule has 8 N–H and O–H groups in total. The molecule has 0 radical (unpaired) electrons. The minimum absolute atomic E-state index is 0. The maximum Gasteiger partial charge on any atom is 0.270 e. The quantitative estimate of drug-likeness (QED) is 0.263. The van der Waals surface area contributed by atoms with Crippen molar-refractivity contribution in [3.05, 3.63) is 71.8 Å². The Kier molecular flexibility index (Phi) is 7.01. The molecule has 2 aromatic carbocycles. The molecule has 0 atom stereocenters. The highest BCUT2D eigenvalue weighted by Crippen LogP contribution is 2.28. The number of benzene rings is 2. The molecule has 3 rings (SSSR count). The second kappa shape index (κ2) is 8.56. The zero-order valence-corrected chi connectivity index (χ0v) is 15.8. The van der Waals surface area contributed by atoms with Gasteiger partial charge < -0.3 is 29.4 Å². The van der Waals surface area contributed by atoms with Gasteiger partial charge in [0.2, 0.25) is 0 Å². The van der Waals surface area contributed by atoms with Crippen molar-refractivity contribution >= 4 is 11.7 Å². The van der Waals surface area contributed by atoms with Gasteiger partial charge in [-0.1, -0.05) is 24.3 Å². The van der Waals surface area contributed by atoms with E-state index in [0.29, 0.717) is 11.7 Å². The van der Waals surface area contributed by atoms with Gasteiger partial charge in [0.15, 0.2) is 0 Å². The molecule has 5 nitrogen and oxygen atoms in total. The van der Waals surface area contributed by atoms with Gasteiger partial charge in [0, 0.05) is 18.4 Å². The molecule has 0 aliphatic rings. The van der Waals surface area contributed by atoms with E-state index in [4.69, 9.17) is 22.3 Å². The lowest BCUT2D eigenvalue weighted by Crippen LogP contribution is -3.00. The minimum atomic E-state index is 0. The summed E-state index contributed by atoms with van der Waals surface area (Å²) in [6, 6.07) is 19.9. The van der Waals surface area contributed by atoms with E-state index in [0.717, 1.165) is 33.6 Å². The van der Waals surface area contributed by atoms with Gasteiger partial charge in [0.1, 0.15) is 0 Å². The van der Waals surface area contributed by atoms with E-state index in [1.54, 1.807) is 0 Å². The van der Waals surface area contributed by atoms with E-state index < -0.39 is 0 Å². The van der Waals surface area contributed by atoms with Gasteiger partial charge in [-0.25, -0.2) is 0 Å². The van der Waals surface area contributed by atoms with Crippen LogP contribution in [0.25, 0.3) is 22.5 Å². The fourth-order valence-electron chi connectivity index (χ4n) is 2.76. The van der Waals surface area contributed by atoms with Crippen LogP contribution in [0.5, 0.6) is 0 Å². The summed E-state index contributed by atoms with van der Waals surface area (Å²) in [5.74, 6) is 0.649. The molecule has 0 fully saturated rings. The van der Waals surface area contributed by atoms with Crippen molar-refractivity contribution in [3.63, 3.8) is 0 Å². The van der Waals surface area contributed by atoms with Crippen LogP contribution in [-0.2, 0) is 7.05 Å². The van der Waals surface area contributed by atoms with Crippen LogP contribution in [0.4, 0.5) is 0 Å². The largest absolute Gasteiger partial charge is 1.00 e. The topological polar surface area (TPSA) is 108 Å². The molecule has 0 saturated carbocycles. The summed E-state index contributed by atoms with van der Waals surface area (Å²) < 4.78 is 2.15. The zero-order chi connectivity index (χ0) is 17.3. The van der Waals surface area contributed by atoms with Crippen LogP contribution in [0.15, 0.2) is 60.7 Å². The Morgan fingerprint density at radius 2 is 0.962 bits per heavy atom. The molecule has 0 aliphatic heterocycles. The van der Waals surface area contributed by atoms with Crippen LogP contribution in [-0.4, -0.2) is 16.2 Å². The highest BCUT2D eigenvalue weighted by atomic mass is 35.5. The molecule has 0 spiro atoms. The van der Waals surface area contributed by atoms with Gasteiger partial charge in [-0.15, -0.1) is 0 Å². The zero-order valence-electron chi connectivity index (χ0n) is 14.3. The molecule has 1 heterocycles. The highest BCUT2D eigenvalue weighted by molar-refractivity contribution is 5.93. The van der Waals surface area contributed by atoms with Crippen molar-refractivity contribution in [1.29, 1.82) is 0 Å². The molecule has 0 unspecified atom stereocenters. The standard InChI is InChI=1S/C19H19N5.2ClH/c1-24-16(12-2-6-14(7-3-12)18(20)21)10-11-17(24)13-4-8-15(9-5-13)19(22)23;;/h2-11H,1H3,(H3,20,21)(H3,22,23);2*1H. The van der Waals surface area contributed by atoms with E-state index in [1.165, 1.54) is 0 Å². The van der Waals surface area contributed by atoms with Crippen LogP contribution in [0.1, 0.15) is 11.1 Å². The van der Waals surface area contributed by atoms with Gasteiger partial charge in [-0.2, -0.15) is 0 Å². The average Bonchev–Trinajstić information content (AvgIpc) is 2.96. The predicted molar refractivity (Wildman–Crippen MR) is 96.7 cm³/mol. The van der Waals surface area contributed by atoms with Crippen molar-refractivity contribution in [1.82, 2.24) is 4.57 Å². The Bertz CT molecular complexity index is 837. The van der Waals surface area contributed by atoms with Gasteiger partial charge in [0.25, 0.3) is 11.7 Å². The first-order valence-electron chi connectivity index (χ1n) is 7.60. The lowest BCUT2D eigenvalue weighted by molar-refractivity contribution is -0.115. The number of hydrogen-bond donors (Lipinski definition) is 4. The van der Waals surface area contributed by atoms with Crippen molar-refractivity contribution < 1.29 is 35.6 Å². The molecule has 3 aromatic rings. The summed E-state index contributed by atoms with van der Waals surface area (Å²) in [5, 5.41) is 11.2. The van der Waals surface area contributed by atoms with Crippen LogP contribution in [0.3, 0.4) is 0 Å². The summed E-state index contributed by atoms with van der Waals surface area (Å²) in [7, 11) is 2.04. The summed E-state index contributed by atoms with van der Waals surface area (Å²) in [4.78, 5) is 0. The van der Waals surface area contributed by atoms with Gasteiger partial charge >= 0.3 is 0 Å². The molecule has 136 valence electrons. The van der Waals surface area contributed by atoms with Crippen LogP contribution >= 0.6 is 0 Å². The molecule has 0 amide bonds. The number of amidine groups is 2. The molecular formula is C19H21Cl2N5. The summed E-state index contributed by atoms with van der Waals surface area (Å²) >= 11 is 0. The fourth-order valence-corrected chi connectivity index (χ4v) is 2.76. The molecule has 0 aliphatic carbocycles. The first-order chi connectivity index (χ1) is 11.5. The lowest BCUT2D eigenvalue weighted by atomic mass is 10.1. The number of nitrogens with zero attached hydrogens (tertiary/aromatic N) is 1. The van der Waals surface area contributed by atoms with E-state index in [1.807, 2.05) is 55.6 Å². The van der Waals surface area contributed by atoms with Crippen molar-refractivity contribution in [3.8, 4) is 22.5 Å². The summed E-state index contributed by atoms with van der Waals surface area (Å²) in [6.45, 7) is 0. The van der Waals surface area contributed by atoms with Crippen molar-refractivity contribution in [2.45, 2.75) is 0 Å². The third-order valence-electron chi connectivity index (χ3n) is 4.15. The molecule has 7 heteroatoms. The fraction of sp³-hybridized carbons (Fsp3) is 0.0526. The molecule has 26 heavy (non-hydrogen) atoms. The average molecular weight is 390 g/mol. The maximum absolute atomic E-state index is 5.62. The van der Waals surface area contributed by atoms with Crippen molar-refractivity contribution in [2.24, 2.45) is 18.5 Å². The summed E-state index contributed by atoms with van der Waals surface area (Å²) in [5.41, 5.74) is 17.3. The Labute approximate surface area is 164 Å². The second-order valence-corrected chi connectivity index (χ2v) is 5.73. The van der Waals surface area contributed by atoms with E-state index >= 15 is 0 Å². The van der Waals surface area contributed by atoms with Crippen LogP contribution < -0.4 is 47.1 Å². The number of rotatable bonds is 4. The monoisotopic (exact) mass is 389 g/mol. The Morgan fingerprint density at radius 3 is 1.23 bits per heavy atom. The third-order valence-corrected chi connectivity index (χ3v) is 4.15. The van der Waals surface area contributed by atoms with E-state index in [9.17, 15) is 0 Å². The first-order valence-corrected chi connectivity index (χ1v) is 7.60. The first kappa shape index (κ1) is 21.3. The maximum atomic E-state index is 5.62. The number of nitrogens with two attached hydrogens (primary N) is 4. The lowest BCUT2D eigenvalue weighted by Gasteiger charge is -2.09. The Morgan fingerprint density at radius 1 is 0.654 bits per heavy atom. The van der Waals surface area contributed by atoms with Crippen LogP contribution in [0.2, 0.25) is 0 Å². The normalized spacial score (nSPS) is 9.73. The molecular weight excluding hydrogens is 369 g/mol. The SMILES string of the molecule is Cn1c(-c2ccc(C(N)=[NH2+])cc2)ccc1-c1ccc(C(N)=[NH2+])cc1.[Cl-].[Cl-]. The molecule has 1 aromatic heterocycles. The molecule has 0 bridgehead atoms. The van der Waals surface area contributed by atoms with Gasteiger partial charge in [0.05, 0.1) is 11.1 Å². The molecule has 0 saturated heterocycles.